The van der Waals surface area contributed by atoms with Crippen molar-refractivity contribution in [2.45, 2.75) is 237 Å². The zero-order chi connectivity index (χ0) is 85.4. The number of benzene rings is 2. The molecule has 3 N–H and O–H groups in total. The van der Waals surface area contributed by atoms with Crippen molar-refractivity contribution in [2.24, 2.45) is 34.5 Å². The van der Waals surface area contributed by atoms with Crippen LogP contribution >= 0.6 is 22.7 Å². The maximum Gasteiger partial charge on any atom is 0.446 e. The Morgan fingerprint density at radius 3 is 1.41 bits per heavy atom. The van der Waals surface area contributed by atoms with Gasteiger partial charge in [-0.2, -0.15) is 13.2 Å². The molecule has 2 aromatic carbocycles. The molecule has 5 amide bonds. The first-order chi connectivity index (χ1) is 54.9. The number of fused-ring (bicyclic) bond motifs is 4. The number of piperazine rings is 2. The standard InChI is InChI=1S/C43H55N5O9S2.C38H47N5O7S2.C2HF3O/c1-11-25-18-43(25,40(51)46-59(53,54)26-12-13-26)19-32(49)30-17-35(31-20-47(41(52)57-42(7,8)9)37(23(4)5)39(50)48(30)31)56-34-16-28(38-45-29(21-58-38)22(2)3)44-36-24(6)33(55-10)15-14-27(34)36;1-8-22-15-38(22,37(46)42-52(47,48)23-9-10-23)16-29(44)27-14-32(28-17-39-33(20(4)5)36(45)43(27)28)50-31-13-25(35-41-26(18-51-35)19(2)3)40-34-21(6)30(49-7)12-11-24(31)34;3-2(4,5)1-6/h11,14-16,21-23,25-26,30-31,35,37H,1,12-13,17-20H2,2-10H3,(H,46,51);8,11-13,18-20,22-23,27-28,32-33,39H,1,9-10,14-17H2,2-7H3,(H,42,46);1H/t25-,30+,31-,35-,37-,43-;22-,27+,28-,32-,33-,38-;/m11./s1. The number of carbonyl (C=O) groups excluding carboxylic acids is 8. The molecule has 632 valence electrons. The number of thiazole rings is 2. The van der Waals surface area contributed by atoms with E-state index in [0.29, 0.717) is 94.5 Å². The fraction of sp³-hybridized carbons (Fsp3) is 0.566. The Labute approximate surface area is 687 Å². The number of aryl methyl sites for hydroxylation is 2. The van der Waals surface area contributed by atoms with Crippen molar-refractivity contribution in [3.8, 4) is 44.4 Å². The van der Waals surface area contributed by atoms with Gasteiger partial charge in [0.1, 0.15) is 68.3 Å². The monoisotopic (exact) mass is 1700 g/mol. The van der Waals surface area contributed by atoms with Gasteiger partial charge in [0.05, 0.1) is 88.2 Å². The van der Waals surface area contributed by atoms with Crippen molar-refractivity contribution in [1.82, 2.24) is 49.4 Å². The van der Waals surface area contributed by atoms with Gasteiger partial charge in [0.25, 0.3) is 0 Å². The second-order valence-corrected chi connectivity index (χ2v) is 39.8. The molecule has 27 nitrogen and oxygen atoms in total. The summed E-state index contributed by atoms with van der Waals surface area (Å²) >= 11 is 2.98. The number of allylic oxidation sites excluding steroid dienone is 2. The predicted octanol–water partition coefficient (Wildman–Crippen LogP) is 12.2. The molecule has 4 saturated heterocycles. The minimum Gasteiger partial charge on any atom is -0.496 e. The maximum absolute atomic E-state index is 14.8. The van der Waals surface area contributed by atoms with Crippen LogP contribution in [0.5, 0.6) is 23.0 Å². The lowest BCUT2D eigenvalue weighted by Crippen LogP contribution is -2.66. The Hall–Kier alpha value is -8.99. The first-order valence-corrected chi connectivity index (χ1v) is 44.3. The van der Waals surface area contributed by atoms with E-state index in [-0.39, 0.29) is 79.9 Å². The first-order valence-electron chi connectivity index (χ1n) is 39.5. The Kier molecular flexibility index (Phi) is 24.9. The fourth-order valence-corrected chi connectivity index (χ4v) is 21.0. The summed E-state index contributed by atoms with van der Waals surface area (Å²) in [4.78, 5) is 132. The minimum atomic E-state index is -4.64. The third kappa shape index (κ3) is 18.0. The average Bonchev–Trinajstić information content (AvgIpc) is 1.66. The van der Waals surface area contributed by atoms with Gasteiger partial charge in [-0.05, 0) is 133 Å². The smallest absolute Gasteiger partial charge is 0.446 e. The third-order valence-electron chi connectivity index (χ3n) is 23.3. The molecule has 0 unspecified atom stereocenters. The molecule has 4 aliphatic heterocycles. The average molecular weight is 1700 g/mol. The number of carbonyl (C=O) groups is 8. The van der Waals surface area contributed by atoms with Crippen molar-refractivity contribution >= 4 is 112 Å². The first kappa shape index (κ1) is 87.3. The van der Waals surface area contributed by atoms with E-state index in [4.69, 9.17) is 48.4 Å². The number of ketones is 2. The zero-order valence-electron chi connectivity index (χ0n) is 68.3. The molecule has 14 rings (SSSR count). The normalized spacial score (nSPS) is 25.6. The number of alkyl halides is 3. The summed E-state index contributed by atoms with van der Waals surface area (Å²) in [6.07, 6.45) is -2.23. The molecule has 8 aliphatic rings. The molecule has 6 aromatic rings. The Morgan fingerprint density at radius 2 is 1.06 bits per heavy atom. The van der Waals surface area contributed by atoms with Crippen LogP contribution in [0, 0.1) is 48.3 Å². The van der Waals surface area contributed by atoms with Gasteiger partial charge in [-0.3, -0.25) is 47.9 Å². The summed E-state index contributed by atoms with van der Waals surface area (Å²) in [7, 11) is -4.48. The summed E-state index contributed by atoms with van der Waals surface area (Å²) < 4.78 is 118. The van der Waals surface area contributed by atoms with Gasteiger partial charge in [-0.1, -0.05) is 67.5 Å². The second kappa shape index (κ2) is 33.3. The number of hydrogen-bond acceptors (Lipinski definition) is 24. The third-order valence-corrected chi connectivity index (χ3v) is 28.7. The van der Waals surface area contributed by atoms with E-state index in [1.54, 1.807) is 56.9 Å². The lowest BCUT2D eigenvalue weighted by molar-refractivity contribution is -0.156. The summed E-state index contributed by atoms with van der Waals surface area (Å²) in [6.45, 7) is 33.2. The second-order valence-electron chi connectivity index (χ2n) is 34.1. The van der Waals surface area contributed by atoms with Crippen molar-refractivity contribution < 1.29 is 92.0 Å². The molecule has 0 spiro atoms. The molecule has 0 radical (unpaired) electrons. The summed E-state index contributed by atoms with van der Waals surface area (Å²) in [5.74, 6) is -1.05. The SMILES string of the molecule is C=C[C@@H]1C[C@]1(CC(=O)[C@@H]1C[C@@H](Oc2cc(-c3nc(C(C)C)cs3)nc3c(C)c(OC)ccc23)[C@H]2CN(C(=O)OC(C)(C)C)[C@H](C(C)C)C(=O)N21)C(=O)NS(=O)(=O)C1CC1.C=C[C@@H]1C[C@]1(CC(=O)[C@@H]1C[C@@H](Oc2cc(-c3nc(C(C)C)cs3)nc3c(C)c(OC)ccc23)[C@H]2CN[C@H](C(C)C)C(=O)N21)C(=O)NS(=O)(=O)C1CC1.O=CC(F)(F)F. The quantitative estimate of drug-likeness (QED) is 0.0335. The maximum atomic E-state index is 14.8. The van der Waals surface area contributed by atoms with Gasteiger partial charge >= 0.3 is 12.3 Å². The number of aldehydes is 1. The van der Waals surface area contributed by atoms with Gasteiger partial charge in [0.15, 0.2) is 11.6 Å². The highest BCUT2D eigenvalue weighted by Crippen LogP contribution is 2.59. The van der Waals surface area contributed by atoms with E-state index < -0.39 is 143 Å². The van der Waals surface area contributed by atoms with Gasteiger partial charge in [-0.25, -0.2) is 41.6 Å². The van der Waals surface area contributed by atoms with E-state index in [2.05, 4.69) is 55.6 Å². The Morgan fingerprint density at radius 1 is 0.641 bits per heavy atom. The van der Waals surface area contributed by atoms with E-state index in [9.17, 15) is 63.6 Å². The minimum absolute atomic E-state index is 0.0193. The molecule has 8 fully saturated rings. The molecule has 12 atom stereocenters. The number of rotatable bonds is 26. The van der Waals surface area contributed by atoms with E-state index >= 15 is 0 Å². The molecule has 117 heavy (non-hydrogen) atoms. The van der Waals surface area contributed by atoms with Gasteiger partial charge < -0.3 is 38.8 Å². The Balaban J connectivity index is 0.000000203. The number of methoxy groups -OCH3 is 2. The van der Waals surface area contributed by atoms with Crippen LogP contribution in [0.15, 0.2) is 72.5 Å². The molecular formula is C83H103F3N10O17S4. The number of sulfonamides is 2. The number of ether oxygens (including phenoxy) is 5. The number of nitrogens with one attached hydrogen (secondary N) is 3. The van der Waals surface area contributed by atoms with Gasteiger partial charge in [-0.15, -0.1) is 35.8 Å². The topological polar surface area (TPSA) is 348 Å². The number of aromatic nitrogens is 4. The number of halogens is 3. The number of Topliss-reactive ketones (excluding diaryl/α,β-unsaturated/α-hetero) is 2. The highest BCUT2D eigenvalue weighted by Gasteiger charge is 2.65. The Bertz CT molecular complexity index is 5170. The van der Waals surface area contributed by atoms with Gasteiger partial charge in [0.2, 0.25) is 50.0 Å². The van der Waals surface area contributed by atoms with Gasteiger partial charge in [0, 0.05) is 83.6 Å². The zero-order valence-corrected chi connectivity index (χ0v) is 71.6. The van der Waals surface area contributed by atoms with Crippen molar-refractivity contribution in [3.05, 3.63) is 95.0 Å². The molecular weight excluding hydrogens is 1590 g/mol. The summed E-state index contributed by atoms with van der Waals surface area (Å²) in [5.41, 5.74) is 2.71. The van der Waals surface area contributed by atoms with Crippen LogP contribution in [-0.4, -0.2) is 197 Å². The molecule has 8 heterocycles. The van der Waals surface area contributed by atoms with Crippen LogP contribution in [0.1, 0.15) is 175 Å². The molecule has 0 bridgehead atoms. The van der Waals surface area contributed by atoms with Crippen LogP contribution in [0.25, 0.3) is 43.2 Å². The van der Waals surface area contributed by atoms with Crippen molar-refractivity contribution in [1.29, 1.82) is 0 Å². The summed E-state index contributed by atoms with van der Waals surface area (Å²) in [6, 6.07) is 6.60. The highest BCUT2D eigenvalue weighted by molar-refractivity contribution is 7.91. The van der Waals surface area contributed by atoms with E-state index in [1.165, 1.54) is 27.6 Å². The molecule has 34 heteroatoms. The van der Waals surface area contributed by atoms with Crippen molar-refractivity contribution in [2.75, 3.05) is 27.3 Å². The number of nitrogens with zero attached hydrogens (tertiary/aromatic N) is 7. The molecule has 4 aliphatic carbocycles. The highest BCUT2D eigenvalue weighted by atomic mass is 32.2. The number of hydrogen-bond donors (Lipinski definition) is 3. The molecule has 4 saturated carbocycles. The van der Waals surface area contributed by atoms with E-state index in [1.807, 2.05) is 88.7 Å². The number of pyridine rings is 2. The molecule has 4 aromatic heterocycles. The van der Waals surface area contributed by atoms with E-state index in [0.717, 1.165) is 32.9 Å². The lowest BCUT2D eigenvalue weighted by atomic mass is 9.91. The lowest BCUT2D eigenvalue weighted by Gasteiger charge is -2.46. The predicted molar refractivity (Wildman–Crippen MR) is 435 cm³/mol. The fourth-order valence-electron chi connectivity index (χ4n) is 16.4. The van der Waals surface area contributed by atoms with Crippen LogP contribution in [0.3, 0.4) is 0 Å². The van der Waals surface area contributed by atoms with Crippen LogP contribution in [0.4, 0.5) is 18.0 Å². The van der Waals surface area contributed by atoms with Crippen LogP contribution in [-0.2, 0) is 58.3 Å². The largest absolute Gasteiger partial charge is 0.496 e. The summed E-state index contributed by atoms with van der Waals surface area (Å²) in [5, 5.41) is 9.13. The van der Waals surface area contributed by atoms with Crippen LogP contribution in [0.2, 0.25) is 0 Å². The van der Waals surface area contributed by atoms with Crippen molar-refractivity contribution in [3.63, 3.8) is 0 Å². The van der Waals surface area contributed by atoms with Crippen LogP contribution < -0.4 is 33.7 Å². The number of amides is 5.